The number of carbonyl (C=O) groups excluding carboxylic acids is 1. The third-order valence-corrected chi connectivity index (χ3v) is 2.66. The lowest BCUT2D eigenvalue weighted by molar-refractivity contribution is 0.102. The van der Waals surface area contributed by atoms with Crippen molar-refractivity contribution < 1.29 is 10.0 Å². The summed E-state index contributed by atoms with van der Waals surface area (Å²) in [5.41, 5.74) is 7.95. The number of carbonyl (C=O) groups is 1. The summed E-state index contributed by atoms with van der Waals surface area (Å²) in [6.07, 6.45) is 3.27. The van der Waals surface area contributed by atoms with Crippen LogP contribution in [0.25, 0.3) is 0 Å². The molecule has 0 aliphatic rings. The van der Waals surface area contributed by atoms with Gasteiger partial charge in [-0.15, -0.1) is 0 Å². The Hall–Kier alpha value is -2.89. The topological polar surface area (TPSA) is 101 Å². The van der Waals surface area contributed by atoms with Crippen molar-refractivity contribution in [2.24, 2.45) is 10.9 Å². The van der Waals surface area contributed by atoms with Crippen LogP contribution in [0.4, 0.5) is 5.69 Å². The Bertz CT molecular complexity index is 668. The number of benzene rings is 1. The number of nitrogens with zero attached hydrogens (tertiary/aromatic N) is 2. The molecule has 2 rings (SSSR count). The van der Waals surface area contributed by atoms with Crippen LogP contribution in [0.15, 0.2) is 47.9 Å². The van der Waals surface area contributed by atoms with Crippen LogP contribution in [0.2, 0.25) is 0 Å². The van der Waals surface area contributed by atoms with E-state index in [-0.39, 0.29) is 11.7 Å². The molecule has 0 unspecified atom stereocenters. The maximum atomic E-state index is 12.1. The van der Waals surface area contributed by atoms with Gasteiger partial charge in [-0.1, -0.05) is 17.3 Å². The predicted octanol–water partition coefficient (Wildman–Crippen LogP) is 1.74. The highest BCUT2D eigenvalue weighted by molar-refractivity contribution is 6.06. The van der Waals surface area contributed by atoms with E-state index in [1.54, 1.807) is 36.7 Å². The predicted molar refractivity (Wildman–Crippen MR) is 75.9 cm³/mol. The highest BCUT2D eigenvalue weighted by atomic mass is 16.4. The van der Waals surface area contributed by atoms with Crippen molar-refractivity contribution in [2.45, 2.75) is 6.92 Å². The number of nitrogens with one attached hydrogen (secondary N) is 1. The number of aryl methyl sites for hydroxylation is 1. The van der Waals surface area contributed by atoms with E-state index in [9.17, 15) is 4.79 Å². The second-order valence-electron chi connectivity index (χ2n) is 4.27. The van der Waals surface area contributed by atoms with Crippen LogP contribution in [-0.4, -0.2) is 21.9 Å². The van der Waals surface area contributed by atoms with Gasteiger partial charge in [-0.05, 0) is 30.7 Å². The highest BCUT2D eigenvalue weighted by Gasteiger charge is 2.08. The van der Waals surface area contributed by atoms with Crippen molar-refractivity contribution in [1.82, 2.24) is 4.98 Å². The first kappa shape index (κ1) is 13.5. The number of anilines is 1. The first-order valence-electron chi connectivity index (χ1n) is 5.91. The van der Waals surface area contributed by atoms with Gasteiger partial charge in [-0.3, -0.25) is 9.78 Å². The molecule has 0 saturated heterocycles. The Morgan fingerprint density at radius 1 is 1.30 bits per heavy atom. The van der Waals surface area contributed by atoms with Crippen molar-refractivity contribution in [3.05, 3.63) is 59.4 Å². The molecule has 1 heterocycles. The Labute approximate surface area is 115 Å². The van der Waals surface area contributed by atoms with Gasteiger partial charge in [0.25, 0.3) is 5.91 Å². The second kappa shape index (κ2) is 5.83. The molecule has 0 aliphatic heterocycles. The SMILES string of the molecule is Cc1cncc(NC(=O)c2cccc(/C(N)=N/O)c2)c1. The molecule has 1 aromatic heterocycles. The van der Waals surface area contributed by atoms with Gasteiger partial charge >= 0.3 is 0 Å². The standard InChI is InChI=1S/C14H14N4O2/c1-9-5-12(8-16-7-9)17-14(19)11-4-2-3-10(6-11)13(15)18-20/h2-8,20H,1H3,(H2,15,18)(H,17,19). The highest BCUT2D eigenvalue weighted by Crippen LogP contribution is 2.11. The lowest BCUT2D eigenvalue weighted by atomic mass is 10.1. The molecule has 0 bridgehead atoms. The largest absolute Gasteiger partial charge is 0.409 e. The van der Waals surface area contributed by atoms with Gasteiger partial charge in [0.15, 0.2) is 5.84 Å². The molecular weight excluding hydrogens is 256 g/mol. The number of amides is 1. The monoisotopic (exact) mass is 270 g/mol. The van der Waals surface area contributed by atoms with E-state index in [0.29, 0.717) is 16.8 Å². The van der Waals surface area contributed by atoms with Crippen molar-refractivity contribution in [2.75, 3.05) is 5.32 Å². The minimum atomic E-state index is -0.287. The average Bonchev–Trinajstić information content (AvgIpc) is 2.46. The molecule has 0 aliphatic carbocycles. The zero-order valence-corrected chi connectivity index (χ0v) is 10.9. The molecule has 1 aromatic carbocycles. The van der Waals surface area contributed by atoms with Gasteiger partial charge in [0.2, 0.25) is 0 Å². The first-order chi connectivity index (χ1) is 9.60. The fraction of sp³-hybridized carbons (Fsp3) is 0.0714. The first-order valence-corrected chi connectivity index (χ1v) is 5.91. The number of hydrogen-bond acceptors (Lipinski definition) is 4. The van der Waals surface area contributed by atoms with E-state index in [4.69, 9.17) is 10.9 Å². The van der Waals surface area contributed by atoms with Gasteiger partial charge in [0, 0.05) is 17.3 Å². The molecule has 0 atom stereocenters. The van der Waals surface area contributed by atoms with E-state index in [1.165, 1.54) is 0 Å². The van der Waals surface area contributed by atoms with E-state index in [0.717, 1.165) is 5.56 Å². The molecule has 0 spiro atoms. The Morgan fingerprint density at radius 3 is 2.75 bits per heavy atom. The normalized spacial score (nSPS) is 11.2. The van der Waals surface area contributed by atoms with Gasteiger partial charge in [-0.25, -0.2) is 0 Å². The van der Waals surface area contributed by atoms with Gasteiger partial charge in [0.05, 0.1) is 11.9 Å². The molecule has 1 amide bonds. The van der Waals surface area contributed by atoms with Crippen LogP contribution < -0.4 is 11.1 Å². The summed E-state index contributed by atoms with van der Waals surface area (Å²) in [4.78, 5) is 16.1. The molecule has 0 fully saturated rings. The second-order valence-corrected chi connectivity index (χ2v) is 4.27. The minimum Gasteiger partial charge on any atom is -0.409 e. The van der Waals surface area contributed by atoms with Crippen LogP contribution >= 0.6 is 0 Å². The number of amidine groups is 1. The third-order valence-electron chi connectivity index (χ3n) is 2.66. The number of rotatable bonds is 3. The fourth-order valence-corrected chi connectivity index (χ4v) is 1.70. The summed E-state index contributed by atoms with van der Waals surface area (Å²) < 4.78 is 0. The number of pyridine rings is 1. The quantitative estimate of drug-likeness (QED) is 0.342. The van der Waals surface area contributed by atoms with E-state index < -0.39 is 0 Å². The number of oxime groups is 1. The van der Waals surface area contributed by atoms with E-state index in [2.05, 4.69) is 15.5 Å². The molecule has 102 valence electrons. The molecule has 2 aromatic rings. The van der Waals surface area contributed by atoms with E-state index in [1.807, 2.05) is 13.0 Å². The lowest BCUT2D eigenvalue weighted by Gasteiger charge is -2.06. The van der Waals surface area contributed by atoms with Crippen LogP contribution in [0.3, 0.4) is 0 Å². The number of hydrogen-bond donors (Lipinski definition) is 3. The lowest BCUT2D eigenvalue weighted by Crippen LogP contribution is -2.16. The third kappa shape index (κ3) is 3.11. The van der Waals surface area contributed by atoms with Crippen molar-refractivity contribution in [1.29, 1.82) is 0 Å². The summed E-state index contributed by atoms with van der Waals surface area (Å²) in [5.74, 6) is -0.332. The summed E-state index contributed by atoms with van der Waals surface area (Å²) in [5, 5.41) is 14.3. The van der Waals surface area contributed by atoms with Gasteiger partial charge in [-0.2, -0.15) is 0 Å². The molecule has 4 N–H and O–H groups in total. The smallest absolute Gasteiger partial charge is 0.255 e. The molecule has 6 nitrogen and oxygen atoms in total. The molecule has 6 heteroatoms. The van der Waals surface area contributed by atoms with E-state index >= 15 is 0 Å². The van der Waals surface area contributed by atoms with Gasteiger partial charge in [0.1, 0.15) is 0 Å². The van der Waals surface area contributed by atoms with Crippen molar-refractivity contribution in [3.8, 4) is 0 Å². The maximum absolute atomic E-state index is 12.1. The van der Waals surface area contributed by atoms with Crippen LogP contribution in [-0.2, 0) is 0 Å². The molecule has 0 radical (unpaired) electrons. The summed E-state index contributed by atoms with van der Waals surface area (Å²) in [6.45, 7) is 1.89. The Morgan fingerprint density at radius 2 is 2.05 bits per heavy atom. The molecule has 0 saturated carbocycles. The molecular formula is C14H14N4O2. The number of nitrogens with two attached hydrogens (primary N) is 1. The average molecular weight is 270 g/mol. The fourth-order valence-electron chi connectivity index (χ4n) is 1.70. The van der Waals surface area contributed by atoms with Gasteiger partial charge < -0.3 is 16.3 Å². The minimum absolute atomic E-state index is 0.0446. The zero-order chi connectivity index (χ0) is 14.5. The van der Waals surface area contributed by atoms with Crippen molar-refractivity contribution in [3.63, 3.8) is 0 Å². The molecule has 20 heavy (non-hydrogen) atoms. The van der Waals surface area contributed by atoms with Crippen LogP contribution in [0, 0.1) is 6.92 Å². The summed E-state index contributed by atoms with van der Waals surface area (Å²) in [6, 6.07) is 8.33. The van der Waals surface area contributed by atoms with Crippen molar-refractivity contribution >= 4 is 17.4 Å². The van der Waals surface area contributed by atoms with Crippen LogP contribution in [0.1, 0.15) is 21.5 Å². The Kier molecular flexibility index (Phi) is 3.95. The zero-order valence-electron chi connectivity index (χ0n) is 10.9. The Balaban J connectivity index is 2.21. The van der Waals surface area contributed by atoms with Crippen LogP contribution in [0.5, 0.6) is 0 Å². The summed E-state index contributed by atoms with van der Waals surface area (Å²) in [7, 11) is 0. The summed E-state index contributed by atoms with van der Waals surface area (Å²) >= 11 is 0. The number of aromatic nitrogens is 1. The maximum Gasteiger partial charge on any atom is 0.255 e.